The summed E-state index contributed by atoms with van der Waals surface area (Å²) in [6.45, 7) is 7.55. The summed E-state index contributed by atoms with van der Waals surface area (Å²) in [7, 11) is 0. The number of guanidine groups is 1. The van der Waals surface area contributed by atoms with E-state index in [0.29, 0.717) is 12.1 Å². The molecule has 1 aliphatic heterocycles. The molecule has 2 heterocycles. The number of benzene rings is 1. The average molecular weight is 543 g/mol. The molecule has 0 saturated carbocycles. The fourth-order valence-corrected chi connectivity index (χ4v) is 4.12. The van der Waals surface area contributed by atoms with Gasteiger partial charge in [-0.25, -0.2) is 4.99 Å². The number of hydrogen-bond acceptors (Lipinski definition) is 5. The van der Waals surface area contributed by atoms with Crippen molar-refractivity contribution < 1.29 is 9.53 Å². The van der Waals surface area contributed by atoms with E-state index < -0.39 is 5.91 Å². The first kappa shape index (κ1) is 24.6. The van der Waals surface area contributed by atoms with Crippen LogP contribution in [-0.2, 0) is 11.3 Å². The molecule has 30 heavy (non-hydrogen) atoms. The van der Waals surface area contributed by atoms with E-state index in [9.17, 15) is 4.79 Å². The van der Waals surface area contributed by atoms with Crippen molar-refractivity contribution in [1.82, 2.24) is 15.5 Å². The van der Waals surface area contributed by atoms with Crippen molar-refractivity contribution in [3.05, 3.63) is 57.8 Å². The van der Waals surface area contributed by atoms with Crippen LogP contribution in [0.2, 0.25) is 0 Å². The summed E-state index contributed by atoms with van der Waals surface area (Å²) < 4.78 is 5.52. The molecule has 9 heteroatoms. The maximum absolute atomic E-state index is 11.2. The van der Waals surface area contributed by atoms with Crippen LogP contribution < -0.4 is 16.4 Å². The van der Waals surface area contributed by atoms with E-state index in [1.807, 2.05) is 12.1 Å². The second-order valence-corrected chi connectivity index (χ2v) is 7.80. The van der Waals surface area contributed by atoms with E-state index in [1.165, 1.54) is 4.88 Å². The van der Waals surface area contributed by atoms with Crippen LogP contribution >= 0.6 is 35.3 Å². The van der Waals surface area contributed by atoms with E-state index in [-0.39, 0.29) is 30.0 Å². The monoisotopic (exact) mass is 543 g/mol. The van der Waals surface area contributed by atoms with E-state index >= 15 is 0 Å². The van der Waals surface area contributed by atoms with Crippen molar-refractivity contribution in [2.45, 2.75) is 19.5 Å². The third-order valence-corrected chi connectivity index (χ3v) is 5.80. The smallest absolute Gasteiger partial charge is 0.248 e. The average Bonchev–Trinajstić information content (AvgIpc) is 3.27. The molecule has 0 bridgehead atoms. The lowest BCUT2D eigenvalue weighted by Gasteiger charge is -2.34. The van der Waals surface area contributed by atoms with E-state index in [1.54, 1.807) is 23.5 Å². The predicted molar refractivity (Wildman–Crippen MR) is 133 cm³/mol. The van der Waals surface area contributed by atoms with Crippen LogP contribution in [0.25, 0.3) is 0 Å². The molecule has 7 nitrogen and oxygen atoms in total. The normalized spacial score (nSPS) is 15.8. The summed E-state index contributed by atoms with van der Waals surface area (Å²) in [5.74, 6) is 0.360. The summed E-state index contributed by atoms with van der Waals surface area (Å²) in [6.07, 6.45) is 0. The highest BCUT2D eigenvalue weighted by Crippen LogP contribution is 2.25. The largest absolute Gasteiger partial charge is 0.379 e. The van der Waals surface area contributed by atoms with Gasteiger partial charge in [0.05, 0.1) is 25.8 Å². The quantitative estimate of drug-likeness (QED) is 0.271. The number of nitrogens with zero attached hydrogens (tertiary/aromatic N) is 2. The zero-order valence-electron chi connectivity index (χ0n) is 17.2. The highest BCUT2D eigenvalue weighted by Gasteiger charge is 2.23. The Kier molecular flexibility index (Phi) is 10.6. The molecule has 1 aliphatic rings. The first-order valence-corrected chi connectivity index (χ1v) is 10.8. The first-order valence-electron chi connectivity index (χ1n) is 9.93. The highest BCUT2D eigenvalue weighted by atomic mass is 127. The summed E-state index contributed by atoms with van der Waals surface area (Å²) in [6, 6.07) is 11.8. The molecule has 4 N–H and O–H groups in total. The molecule has 164 valence electrons. The van der Waals surface area contributed by atoms with Gasteiger partial charge in [-0.2, -0.15) is 0 Å². The number of carbonyl (C=O) groups is 1. The lowest BCUT2D eigenvalue weighted by molar-refractivity contribution is 0.0177. The van der Waals surface area contributed by atoms with E-state index in [0.717, 1.165) is 50.9 Å². The number of halogens is 1. The number of aliphatic imine (C=N–C) groups is 1. The van der Waals surface area contributed by atoms with Crippen LogP contribution in [0.15, 0.2) is 46.8 Å². The Balaban J connectivity index is 0.00000320. The van der Waals surface area contributed by atoms with Gasteiger partial charge in [0.1, 0.15) is 0 Å². The van der Waals surface area contributed by atoms with Crippen LogP contribution in [0, 0.1) is 0 Å². The minimum Gasteiger partial charge on any atom is -0.379 e. The summed E-state index contributed by atoms with van der Waals surface area (Å²) in [5, 5.41) is 8.93. The van der Waals surface area contributed by atoms with Gasteiger partial charge in [-0.1, -0.05) is 18.2 Å². The lowest BCUT2D eigenvalue weighted by Crippen LogP contribution is -2.46. The molecule has 1 aromatic heterocycles. The Bertz CT molecular complexity index is 792. The number of carbonyl (C=O) groups excluding carboxylic acids is 1. The van der Waals surface area contributed by atoms with Crippen molar-refractivity contribution in [3.8, 4) is 0 Å². The minimum atomic E-state index is -0.419. The van der Waals surface area contributed by atoms with Crippen molar-refractivity contribution in [2.24, 2.45) is 10.7 Å². The predicted octanol–water partition coefficient (Wildman–Crippen LogP) is 2.59. The van der Waals surface area contributed by atoms with Gasteiger partial charge < -0.3 is 21.1 Å². The van der Waals surface area contributed by atoms with Crippen molar-refractivity contribution >= 4 is 47.2 Å². The third-order valence-electron chi connectivity index (χ3n) is 4.82. The molecule has 2 aromatic rings. The number of ether oxygens (including phenoxy) is 1. The van der Waals surface area contributed by atoms with Crippen LogP contribution in [0.3, 0.4) is 0 Å². The topological polar surface area (TPSA) is 92.0 Å². The number of nitrogens with one attached hydrogen (secondary N) is 2. The van der Waals surface area contributed by atoms with E-state index in [4.69, 9.17) is 15.5 Å². The van der Waals surface area contributed by atoms with Gasteiger partial charge in [-0.15, -0.1) is 35.3 Å². The fraction of sp³-hybridized carbons (Fsp3) is 0.429. The molecule has 1 aromatic carbocycles. The van der Waals surface area contributed by atoms with Gasteiger partial charge in [0.25, 0.3) is 0 Å². The zero-order chi connectivity index (χ0) is 20.5. The number of primary amides is 1. The van der Waals surface area contributed by atoms with Crippen LogP contribution in [0.5, 0.6) is 0 Å². The Labute approximate surface area is 199 Å². The molecule has 0 radical (unpaired) electrons. The molecule has 1 fully saturated rings. The Morgan fingerprint density at radius 3 is 2.57 bits per heavy atom. The maximum Gasteiger partial charge on any atom is 0.248 e. The van der Waals surface area contributed by atoms with Crippen LogP contribution in [0.1, 0.15) is 33.8 Å². The number of amides is 1. The molecule has 0 spiro atoms. The maximum atomic E-state index is 11.2. The second-order valence-electron chi connectivity index (χ2n) is 6.82. The van der Waals surface area contributed by atoms with Crippen LogP contribution in [-0.4, -0.2) is 56.2 Å². The van der Waals surface area contributed by atoms with E-state index in [2.05, 4.69) is 40.0 Å². The third kappa shape index (κ3) is 7.22. The minimum absolute atomic E-state index is 0. The summed E-state index contributed by atoms with van der Waals surface area (Å²) in [4.78, 5) is 19.7. The standard InChI is InChI=1S/C21H29N5O2S.HI/c1-2-23-21(24-14-16-5-7-17(8-6-16)20(22)27)25-15-18(19-4-3-13-29-19)26-9-11-28-12-10-26;/h3-8,13,18H,2,9-12,14-15H2,1H3,(H2,22,27)(H2,23,24,25);1H. The van der Waals surface area contributed by atoms with Crippen molar-refractivity contribution in [1.29, 1.82) is 0 Å². The molecule has 1 atom stereocenters. The Morgan fingerprint density at radius 2 is 1.97 bits per heavy atom. The number of hydrogen-bond donors (Lipinski definition) is 3. The first-order chi connectivity index (χ1) is 14.2. The number of rotatable bonds is 8. The SMILES string of the molecule is CCNC(=NCc1ccc(C(N)=O)cc1)NCC(c1cccs1)N1CCOCC1.I. The molecular formula is C21H30IN5O2S. The van der Waals surface area contributed by atoms with Crippen molar-refractivity contribution in [3.63, 3.8) is 0 Å². The lowest BCUT2D eigenvalue weighted by atomic mass is 10.1. The molecule has 1 unspecified atom stereocenters. The van der Waals surface area contributed by atoms with Gasteiger partial charge in [0, 0.05) is 36.6 Å². The zero-order valence-corrected chi connectivity index (χ0v) is 20.3. The Hall–Kier alpha value is -1.69. The van der Waals surface area contributed by atoms with Gasteiger partial charge >= 0.3 is 0 Å². The molecular weight excluding hydrogens is 513 g/mol. The highest BCUT2D eigenvalue weighted by molar-refractivity contribution is 14.0. The molecule has 3 rings (SSSR count). The van der Waals surface area contributed by atoms with Crippen molar-refractivity contribution in [2.75, 3.05) is 39.4 Å². The molecule has 1 saturated heterocycles. The molecule has 0 aliphatic carbocycles. The van der Waals surface area contributed by atoms with Crippen LogP contribution in [0.4, 0.5) is 0 Å². The number of thiophene rings is 1. The second kappa shape index (κ2) is 12.9. The van der Waals surface area contributed by atoms with Gasteiger partial charge in [0.15, 0.2) is 5.96 Å². The number of nitrogens with two attached hydrogens (primary N) is 1. The fourth-order valence-electron chi connectivity index (χ4n) is 3.26. The molecule has 1 amide bonds. The van der Waals surface area contributed by atoms with Gasteiger partial charge in [-0.3, -0.25) is 9.69 Å². The number of morpholine rings is 1. The summed E-state index contributed by atoms with van der Waals surface area (Å²) in [5.41, 5.74) is 6.83. The van der Waals surface area contributed by atoms with Gasteiger partial charge in [0.2, 0.25) is 5.91 Å². The summed E-state index contributed by atoms with van der Waals surface area (Å²) >= 11 is 1.78. The Morgan fingerprint density at radius 1 is 1.23 bits per heavy atom. The van der Waals surface area contributed by atoms with Gasteiger partial charge in [-0.05, 0) is 36.1 Å².